The van der Waals surface area contributed by atoms with Gasteiger partial charge >= 0.3 is 0 Å². The van der Waals surface area contributed by atoms with Gasteiger partial charge in [0.05, 0.1) is 17.0 Å². The largest absolute Gasteiger partial charge is 0.485 e. The maximum absolute atomic E-state index is 13.2. The van der Waals surface area contributed by atoms with Crippen molar-refractivity contribution in [2.24, 2.45) is 0 Å². The van der Waals surface area contributed by atoms with Crippen molar-refractivity contribution < 1.29 is 14.4 Å². The van der Waals surface area contributed by atoms with Gasteiger partial charge in [0.15, 0.2) is 5.75 Å². The first kappa shape index (κ1) is 25.2. The number of aryl methyl sites for hydroxylation is 1. The summed E-state index contributed by atoms with van der Waals surface area (Å²) in [6, 6.07) is 4.48. The van der Waals surface area contributed by atoms with Gasteiger partial charge in [-0.05, 0) is 59.1 Å². The molecule has 0 N–H and O–H groups in total. The van der Waals surface area contributed by atoms with Gasteiger partial charge < -0.3 is 14.0 Å². The number of non-ortho nitro benzene ring substituents is 1. The van der Waals surface area contributed by atoms with Crippen LogP contribution in [0.15, 0.2) is 46.3 Å². The van der Waals surface area contributed by atoms with Crippen molar-refractivity contribution in [1.82, 2.24) is 4.57 Å². The second-order valence-electron chi connectivity index (χ2n) is 8.05. The summed E-state index contributed by atoms with van der Waals surface area (Å²) < 4.78 is 13.4. The molecule has 1 aromatic heterocycles. The summed E-state index contributed by atoms with van der Waals surface area (Å²) in [5.41, 5.74) is 2.54. The average molecular weight is 443 g/mol. The van der Waals surface area contributed by atoms with Crippen molar-refractivity contribution in [3.05, 3.63) is 62.0 Å². The minimum Gasteiger partial charge on any atom is -0.485 e. The molecule has 0 bridgehead atoms. The van der Waals surface area contributed by atoms with E-state index in [1.807, 2.05) is 19.9 Å². The molecule has 174 valence electrons. The van der Waals surface area contributed by atoms with Crippen LogP contribution in [0.1, 0.15) is 60.3 Å². The maximum atomic E-state index is 13.2. The predicted octanol–water partition coefficient (Wildman–Crippen LogP) is 6.18. The molecule has 0 aliphatic rings. The quantitative estimate of drug-likeness (QED) is 0.170. The fourth-order valence-electron chi connectivity index (χ4n) is 3.36. The van der Waals surface area contributed by atoms with Crippen LogP contribution in [0.4, 0.5) is 5.69 Å². The fourth-order valence-corrected chi connectivity index (χ4v) is 3.36. The Morgan fingerprint density at radius 3 is 2.50 bits per heavy atom. The molecule has 2 rings (SSSR count). The topological polar surface area (TPSA) is 83.6 Å². The second kappa shape index (κ2) is 12.1. The van der Waals surface area contributed by atoms with E-state index in [2.05, 4.69) is 26.8 Å². The third-order valence-corrected chi connectivity index (χ3v) is 5.18. The SMILES string of the molecule is CCCCOc1c(OCC=C(C)CCC=C(C)C)c2ccc([N+](=O)[O-])cc2n(CC)c1=O. The van der Waals surface area contributed by atoms with Gasteiger partial charge in [0.25, 0.3) is 11.2 Å². The Kier molecular flexibility index (Phi) is 9.50. The monoisotopic (exact) mass is 442 g/mol. The summed E-state index contributed by atoms with van der Waals surface area (Å²) in [5.74, 6) is 0.506. The molecule has 0 fully saturated rings. The Bertz CT molecular complexity index is 1060. The molecule has 7 nitrogen and oxygen atoms in total. The Hall–Kier alpha value is -3.09. The molecule has 0 atom stereocenters. The lowest BCUT2D eigenvalue weighted by Gasteiger charge is -2.17. The van der Waals surface area contributed by atoms with Crippen molar-refractivity contribution in [2.75, 3.05) is 13.2 Å². The number of pyridine rings is 1. The molecule has 0 saturated heterocycles. The number of ether oxygens (including phenoxy) is 2. The summed E-state index contributed by atoms with van der Waals surface area (Å²) in [7, 11) is 0. The van der Waals surface area contributed by atoms with E-state index in [4.69, 9.17) is 9.47 Å². The van der Waals surface area contributed by atoms with Crippen LogP contribution in [0.25, 0.3) is 10.9 Å². The predicted molar refractivity (Wildman–Crippen MR) is 129 cm³/mol. The van der Waals surface area contributed by atoms with Gasteiger partial charge in [-0.3, -0.25) is 14.9 Å². The lowest BCUT2D eigenvalue weighted by atomic mass is 10.1. The first-order chi connectivity index (χ1) is 15.3. The van der Waals surface area contributed by atoms with Crippen LogP contribution in [0.3, 0.4) is 0 Å². The summed E-state index contributed by atoms with van der Waals surface area (Å²) in [4.78, 5) is 24.0. The second-order valence-corrected chi connectivity index (χ2v) is 8.05. The van der Waals surface area contributed by atoms with E-state index in [1.54, 1.807) is 6.07 Å². The molecule has 0 unspecified atom stereocenters. The molecule has 0 saturated carbocycles. The van der Waals surface area contributed by atoms with Gasteiger partial charge in [0.2, 0.25) is 5.75 Å². The van der Waals surface area contributed by atoms with E-state index in [1.165, 1.54) is 27.8 Å². The van der Waals surface area contributed by atoms with Gasteiger partial charge in [-0.15, -0.1) is 0 Å². The van der Waals surface area contributed by atoms with Crippen molar-refractivity contribution in [3.63, 3.8) is 0 Å². The first-order valence-corrected chi connectivity index (χ1v) is 11.2. The smallest absolute Gasteiger partial charge is 0.297 e. The Labute approximate surface area is 189 Å². The van der Waals surface area contributed by atoms with Gasteiger partial charge in [-0.25, -0.2) is 0 Å². The summed E-state index contributed by atoms with van der Waals surface area (Å²) >= 11 is 0. The molecular weight excluding hydrogens is 408 g/mol. The van der Waals surface area contributed by atoms with Crippen molar-refractivity contribution in [2.45, 2.75) is 66.8 Å². The highest BCUT2D eigenvalue weighted by atomic mass is 16.6. The van der Waals surface area contributed by atoms with Crippen molar-refractivity contribution in [1.29, 1.82) is 0 Å². The Morgan fingerprint density at radius 2 is 1.88 bits per heavy atom. The van der Waals surface area contributed by atoms with Crippen LogP contribution in [-0.4, -0.2) is 22.7 Å². The van der Waals surface area contributed by atoms with E-state index in [9.17, 15) is 14.9 Å². The lowest BCUT2D eigenvalue weighted by Crippen LogP contribution is -2.23. The highest BCUT2D eigenvalue weighted by Crippen LogP contribution is 2.35. The summed E-state index contributed by atoms with van der Waals surface area (Å²) in [6.45, 7) is 11.1. The third kappa shape index (κ3) is 6.45. The maximum Gasteiger partial charge on any atom is 0.297 e. The van der Waals surface area contributed by atoms with E-state index in [0.29, 0.717) is 29.8 Å². The molecule has 0 radical (unpaired) electrons. The van der Waals surface area contributed by atoms with Crippen LogP contribution in [0.5, 0.6) is 11.5 Å². The number of nitrogens with zero attached hydrogens (tertiary/aromatic N) is 2. The molecule has 7 heteroatoms. The molecule has 0 spiro atoms. The first-order valence-electron chi connectivity index (χ1n) is 11.2. The number of benzene rings is 1. The highest BCUT2D eigenvalue weighted by Gasteiger charge is 2.21. The Balaban J connectivity index is 2.47. The zero-order valence-electron chi connectivity index (χ0n) is 19.8. The number of aromatic nitrogens is 1. The molecule has 1 aromatic carbocycles. The Morgan fingerprint density at radius 1 is 1.12 bits per heavy atom. The lowest BCUT2D eigenvalue weighted by molar-refractivity contribution is -0.384. The number of hydrogen-bond acceptors (Lipinski definition) is 5. The summed E-state index contributed by atoms with van der Waals surface area (Å²) in [5, 5.41) is 11.9. The summed E-state index contributed by atoms with van der Waals surface area (Å²) in [6.07, 6.45) is 7.84. The number of nitro groups is 1. The van der Waals surface area contributed by atoms with Gasteiger partial charge in [0, 0.05) is 24.1 Å². The van der Waals surface area contributed by atoms with Crippen molar-refractivity contribution >= 4 is 16.6 Å². The van der Waals surface area contributed by atoms with E-state index in [-0.39, 0.29) is 23.6 Å². The third-order valence-electron chi connectivity index (χ3n) is 5.18. The number of nitro benzene ring substituents is 1. The van der Waals surface area contributed by atoms with Crippen LogP contribution >= 0.6 is 0 Å². The standard InChI is InChI=1S/C25H34N2O5/c1-6-8-15-31-24-23(32-16-14-19(5)11-9-10-18(3)4)21-13-12-20(27(29)30)17-22(21)26(7-2)25(24)28/h10,12-14,17H,6-9,11,15-16H2,1-5H3. The van der Waals surface area contributed by atoms with Crippen LogP contribution in [0.2, 0.25) is 0 Å². The minimum absolute atomic E-state index is 0.0697. The average Bonchev–Trinajstić information content (AvgIpc) is 2.75. The molecule has 2 aromatic rings. The molecule has 1 heterocycles. The minimum atomic E-state index is -0.464. The molecular formula is C25H34N2O5. The van der Waals surface area contributed by atoms with Gasteiger partial charge in [-0.2, -0.15) is 0 Å². The van der Waals surface area contributed by atoms with E-state index < -0.39 is 4.92 Å². The zero-order valence-corrected chi connectivity index (χ0v) is 19.8. The van der Waals surface area contributed by atoms with Crippen LogP contribution < -0.4 is 15.0 Å². The molecule has 0 aliphatic heterocycles. The van der Waals surface area contributed by atoms with E-state index in [0.717, 1.165) is 25.7 Å². The normalized spacial score (nSPS) is 11.5. The van der Waals surface area contributed by atoms with Gasteiger partial charge in [0.1, 0.15) is 6.61 Å². The number of fused-ring (bicyclic) bond motifs is 1. The van der Waals surface area contributed by atoms with Crippen LogP contribution in [0, 0.1) is 10.1 Å². The van der Waals surface area contributed by atoms with Crippen molar-refractivity contribution in [3.8, 4) is 11.5 Å². The van der Waals surface area contributed by atoms with E-state index >= 15 is 0 Å². The van der Waals surface area contributed by atoms with Gasteiger partial charge in [-0.1, -0.05) is 30.6 Å². The fraction of sp³-hybridized carbons (Fsp3) is 0.480. The van der Waals surface area contributed by atoms with Crippen LogP contribution in [-0.2, 0) is 6.54 Å². The zero-order chi connectivity index (χ0) is 23.7. The molecule has 0 amide bonds. The highest BCUT2D eigenvalue weighted by molar-refractivity contribution is 5.89. The number of unbranched alkanes of at least 4 members (excludes halogenated alkanes) is 1. The molecule has 0 aliphatic carbocycles. The number of rotatable bonds is 12. The molecule has 32 heavy (non-hydrogen) atoms. The number of allylic oxidation sites excluding steroid dienone is 3. The number of hydrogen-bond donors (Lipinski definition) is 0.